The van der Waals surface area contributed by atoms with E-state index in [1.807, 2.05) is 20.8 Å². The number of amides is 3. The van der Waals surface area contributed by atoms with Crippen LogP contribution in [-0.2, 0) is 14.3 Å². The smallest absolute Gasteiger partial charge is 0.306 e. The number of ether oxygens (including phenoxy) is 1. The molecular formula is C20H26N2O5. The van der Waals surface area contributed by atoms with Gasteiger partial charge in [-0.2, -0.15) is 0 Å². The number of benzene rings is 1. The number of carbonyl (C=O) groups excluding carboxylic acids is 4. The molecule has 1 unspecified atom stereocenters. The number of imide groups is 1. The molecule has 1 atom stereocenters. The number of nitrogens with zero attached hydrogens (tertiary/aromatic N) is 1. The predicted octanol–water partition coefficient (Wildman–Crippen LogP) is 2.08. The topological polar surface area (TPSA) is 92.8 Å². The van der Waals surface area contributed by atoms with Crippen LogP contribution >= 0.6 is 0 Å². The minimum absolute atomic E-state index is 0.0221. The van der Waals surface area contributed by atoms with Crippen molar-refractivity contribution in [3.8, 4) is 0 Å². The van der Waals surface area contributed by atoms with E-state index >= 15 is 0 Å². The number of esters is 1. The lowest BCUT2D eigenvalue weighted by Gasteiger charge is -2.16. The highest BCUT2D eigenvalue weighted by Gasteiger charge is 2.35. The Morgan fingerprint density at radius 1 is 1.11 bits per heavy atom. The third kappa shape index (κ3) is 5.15. The molecule has 0 aliphatic carbocycles. The van der Waals surface area contributed by atoms with E-state index in [9.17, 15) is 19.2 Å². The van der Waals surface area contributed by atoms with Gasteiger partial charge in [0.15, 0.2) is 6.10 Å². The van der Waals surface area contributed by atoms with Crippen LogP contribution in [0.2, 0.25) is 0 Å². The SMILES string of the molecule is Cc1ccc2c(c1)C(=O)N(CCCC(=O)OC(C)C(=O)NCC(C)C)C2=O. The number of carbonyl (C=O) groups is 4. The Bertz CT molecular complexity index is 757. The first-order valence-electron chi connectivity index (χ1n) is 9.14. The number of hydrogen-bond acceptors (Lipinski definition) is 5. The van der Waals surface area contributed by atoms with Crippen LogP contribution in [0.4, 0.5) is 0 Å². The van der Waals surface area contributed by atoms with Gasteiger partial charge in [0.1, 0.15) is 0 Å². The highest BCUT2D eigenvalue weighted by Crippen LogP contribution is 2.24. The fraction of sp³-hybridized carbons (Fsp3) is 0.500. The maximum atomic E-state index is 12.4. The molecule has 0 radical (unpaired) electrons. The number of fused-ring (bicyclic) bond motifs is 1. The van der Waals surface area contributed by atoms with Crippen molar-refractivity contribution >= 4 is 23.7 Å². The van der Waals surface area contributed by atoms with Gasteiger partial charge in [0.2, 0.25) is 0 Å². The van der Waals surface area contributed by atoms with Crippen LogP contribution in [0.25, 0.3) is 0 Å². The van der Waals surface area contributed by atoms with Gasteiger partial charge in [-0.05, 0) is 38.3 Å². The molecule has 2 rings (SSSR count). The molecule has 3 amide bonds. The molecule has 7 nitrogen and oxygen atoms in total. The van der Waals surface area contributed by atoms with Crippen LogP contribution in [0.15, 0.2) is 18.2 Å². The van der Waals surface area contributed by atoms with Gasteiger partial charge in [0.05, 0.1) is 11.1 Å². The zero-order valence-electron chi connectivity index (χ0n) is 16.2. The third-order valence-corrected chi connectivity index (χ3v) is 4.25. The van der Waals surface area contributed by atoms with Crippen molar-refractivity contribution in [1.29, 1.82) is 0 Å². The summed E-state index contributed by atoms with van der Waals surface area (Å²) in [5.41, 5.74) is 1.70. The normalized spacial score (nSPS) is 14.3. The number of aryl methyl sites for hydroxylation is 1. The Kier molecular flexibility index (Phi) is 6.71. The lowest BCUT2D eigenvalue weighted by molar-refractivity contribution is -0.155. The molecule has 0 saturated carbocycles. The van der Waals surface area contributed by atoms with Crippen LogP contribution in [0.5, 0.6) is 0 Å². The first-order chi connectivity index (χ1) is 12.7. The van der Waals surface area contributed by atoms with Gasteiger partial charge in [0, 0.05) is 19.5 Å². The average molecular weight is 374 g/mol. The van der Waals surface area contributed by atoms with Gasteiger partial charge in [-0.1, -0.05) is 25.5 Å². The van der Waals surface area contributed by atoms with Crippen LogP contribution in [-0.4, -0.2) is 47.8 Å². The summed E-state index contributed by atoms with van der Waals surface area (Å²) in [5.74, 6) is -1.25. The molecule has 1 aromatic carbocycles. The van der Waals surface area contributed by atoms with E-state index in [4.69, 9.17) is 4.74 Å². The number of nitrogens with one attached hydrogen (secondary N) is 1. The van der Waals surface area contributed by atoms with Gasteiger partial charge >= 0.3 is 5.97 Å². The quantitative estimate of drug-likeness (QED) is 0.555. The standard InChI is InChI=1S/C20H26N2O5/c1-12(2)11-21-18(24)14(4)27-17(23)6-5-9-22-19(25)15-8-7-13(3)10-16(15)20(22)26/h7-8,10,12,14H,5-6,9,11H2,1-4H3,(H,21,24). The van der Waals surface area contributed by atoms with Crippen LogP contribution in [0.3, 0.4) is 0 Å². The lowest BCUT2D eigenvalue weighted by Crippen LogP contribution is -2.37. The van der Waals surface area contributed by atoms with E-state index < -0.39 is 12.1 Å². The summed E-state index contributed by atoms with van der Waals surface area (Å²) in [7, 11) is 0. The van der Waals surface area contributed by atoms with Gasteiger partial charge < -0.3 is 10.1 Å². The Balaban J connectivity index is 1.79. The van der Waals surface area contributed by atoms with E-state index in [0.29, 0.717) is 23.6 Å². The summed E-state index contributed by atoms with van der Waals surface area (Å²) in [4.78, 5) is 49.6. The van der Waals surface area contributed by atoms with Gasteiger partial charge in [0.25, 0.3) is 17.7 Å². The third-order valence-electron chi connectivity index (χ3n) is 4.25. The molecule has 0 saturated heterocycles. The van der Waals surface area contributed by atoms with E-state index in [2.05, 4.69) is 5.32 Å². The second kappa shape index (κ2) is 8.79. The van der Waals surface area contributed by atoms with Gasteiger partial charge in [-0.3, -0.25) is 24.1 Å². The van der Waals surface area contributed by atoms with Crippen molar-refractivity contribution < 1.29 is 23.9 Å². The van der Waals surface area contributed by atoms with Crippen molar-refractivity contribution in [2.75, 3.05) is 13.1 Å². The Morgan fingerprint density at radius 2 is 1.78 bits per heavy atom. The van der Waals surface area contributed by atoms with Crippen LogP contribution < -0.4 is 5.32 Å². The summed E-state index contributed by atoms with van der Waals surface area (Å²) < 4.78 is 5.10. The maximum Gasteiger partial charge on any atom is 0.306 e. The van der Waals surface area contributed by atoms with Gasteiger partial charge in [-0.25, -0.2) is 0 Å². The molecule has 0 fully saturated rings. The average Bonchev–Trinajstić information content (AvgIpc) is 2.83. The molecule has 0 aromatic heterocycles. The molecular weight excluding hydrogens is 348 g/mol. The Labute approximate surface area is 159 Å². The zero-order chi connectivity index (χ0) is 20.1. The summed E-state index contributed by atoms with van der Waals surface area (Å²) in [6.45, 7) is 7.96. The van der Waals surface area contributed by atoms with E-state index in [-0.39, 0.29) is 37.1 Å². The molecule has 1 aromatic rings. The molecule has 1 aliphatic heterocycles. The van der Waals surface area contributed by atoms with Crippen molar-refractivity contribution in [3.05, 3.63) is 34.9 Å². The highest BCUT2D eigenvalue weighted by molar-refractivity contribution is 6.21. The first kappa shape index (κ1) is 20.6. The summed E-state index contributed by atoms with van der Waals surface area (Å²) in [5, 5.41) is 2.70. The van der Waals surface area contributed by atoms with Gasteiger partial charge in [-0.15, -0.1) is 0 Å². The first-order valence-corrected chi connectivity index (χ1v) is 9.14. The number of rotatable bonds is 8. The maximum absolute atomic E-state index is 12.4. The van der Waals surface area contributed by atoms with E-state index in [0.717, 1.165) is 10.5 Å². The molecule has 7 heteroatoms. The minimum atomic E-state index is -0.876. The molecule has 1 aliphatic rings. The molecule has 1 heterocycles. The number of hydrogen-bond donors (Lipinski definition) is 1. The highest BCUT2D eigenvalue weighted by atomic mass is 16.5. The molecule has 27 heavy (non-hydrogen) atoms. The van der Waals surface area contributed by atoms with E-state index in [1.54, 1.807) is 18.2 Å². The summed E-state index contributed by atoms with van der Waals surface area (Å²) in [6, 6.07) is 5.13. The Hall–Kier alpha value is -2.70. The van der Waals surface area contributed by atoms with Crippen molar-refractivity contribution in [3.63, 3.8) is 0 Å². The fourth-order valence-corrected chi connectivity index (χ4v) is 2.75. The van der Waals surface area contributed by atoms with Crippen molar-refractivity contribution in [1.82, 2.24) is 10.2 Å². The van der Waals surface area contributed by atoms with E-state index in [1.165, 1.54) is 6.92 Å². The zero-order valence-corrected chi connectivity index (χ0v) is 16.2. The minimum Gasteiger partial charge on any atom is -0.453 e. The predicted molar refractivity (Wildman–Crippen MR) is 99.2 cm³/mol. The lowest BCUT2D eigenvalue weighted by atomic mass is 10.1. The Morgan fingerprint density at radius 3 is 2.44 bits per heavy atom. The second-order valence-electron chi connectivity index (χ2n) is 7.19. The second-order valence-corrected chi connectivity index (χ2v) is 7.19. The fourth-order valence-electron chi connectivity index (χ4n) is 2.75. The summed E-state index contributed by atoms with van der Waals surface area (Å²) in [6.07, 6.45) is -0.573. The van der Waals surface area contributed by atoms with Crippen LogP contribution in [0.1, 0.15) is 59.9 Å². The molecule has 146 valence electrons. The molecule has 0 bridgehead atoms. The van der Waals surface area contributed by atoms with Crippen molar-refractivity contribution in [2.24, 2.45) is 5.92 Å². The largest absolute Gasteiger partial charge is 0.453 e. The molecule has 0 spiro atoms. The van der Waals surface area contributed by atoms with Crippen LogP contribution in [0, 0.1) is 12.8 Å². The summed E-state index contributed by atoms with van der Waals surface area (Å²) >= 11 is 0. The monoisotopic (exact) mass is 374 g/mol. The molecule has 1 N–H and O–H groups in total. The van der Waals surface area contributed by atoms with Crippen molar-refractivity contribution in [2.45, 2.75) is 46.6 Å².